The van der Waals surface area contributed by atoms with E-state index in [0.717, 1.165) is 42.0 Å². The summed E-state index contributed by atoms with van der Waals surface area (Å²) in [5, 5.41) is 12.8. The zero-order chi connectivity index (χ0) is 19.9. The van der Waals surface area contributed by atoms with Gasteiger partial charge in [0.25, 0.3) is 0 Å². The summed E-state index contributed by atoms with van der Waals surface area (Å²) in [6.45, 7) is 2.62. The monoisotopic (exact) mass is 383 g/mol. The molecule has 5 nitrogen and oxygen atoms in total. The molecule has 0 spiro atoms. The van der Waals surface area contributed by atoms with Crippen LogP contribution in [0.4, 0.5) is 19.0 Å². The van der Waals surface area contributed by atoms with Gasteiger partial charge in [0.1, 0.15) is 23.9 Å². The Morgan fingerprint density at radius 3 is 2.79 bits per heavy atom. The molecule has 2 aromatic heterocycles. The van der Waals surface area contributed by atoms with Crippen LogP contribution in [0.5, 0.6) is 0 Å². The fourth-order valence-electron chi connectivity index (χ4n) is 3.50. The molecule has 1 aliphatic rings. The summed E-state index contributed by atoms with van der Waals surface area (Å²) >= 11 is 0. The molecule has 0 atom stereocenters. The molecule has 0 aliphatic carbocycles. The van der Waals surface area contributed by atoms with Crippen molar-refractivity contribution >= 4 is 5.82 Å². The van der Waals surface area contributed by atoms with Gasteiger partial charge in [-0.25, -0.2) is 9.97 Å². The Kier molecular flexibility index (Phi) is 4.30. The predicted molar refractivity (Wildman–Crippen MR) is 98.1 cm³/mol. The van der Waals surface area contributed by atoms with Crippen molar-refractivity contribution < 1.29 is 13.2 Å². The third-order valence-electron chi connectivity index (χ3n) is 4.87. The second kappa shape index (κ2) is 6.68. The van der Waals surface area contributed by atoms with E-state index in [0.29, 0.717) is 23.4 Å². The first kappa shape index (κ1) is 18.0. The van der Waals surface area contributed by atoms with Gasteiger partial charge in [-0.1, -0.05) is 13.0 Å². The maximum Gasteiger partial charge on any atom is 0.416 e. The quantitative estimate of drug-likeness (QED) is 0.730. The van der Waals surface area contributed by atoms with Gasteiger partial charge in [0.05, 0.1) is 16.9 Å². The lowest BCUT2D eigenvalue weighted by atomic mass is 10.1. The number of halogens is 3. The van der Waals surface area contributed by atoms with Crippen molar-refractivity contribution in [3.63, 3.8) is 0 Å². The molecular weight excluding hydrogens is 367 g/mol. The molecule has 0 saturated heterocycles. The van der Waals surface area contributed by atoms with Crippen molar-refractivity contribution in [2.45, 2.75) is 25.9 Å². The number of nitrogens with one attached hydrogen (secondary N) is 1. The molecule has 0 radical (unpaired) electrons. The van der Waals surface area contributed by atoms with E-state index in [1.54, 1.807) is 12.3 Å². The second-order valence-electron chi connectivity index (χ2n) is 6.52. The molecule has 1 aromatic carbocycles. The Morgan fingerprint density at radius 2 is 2.07 bits per heavy atom. The zero-order valence-electron chi connectivity index (χ0n) is 15.0. The van der Waals surface area contributed by atoms with Gasteiger partial charge in [0, 0.05) is 23.9 Å². The first-order valence-electron chi connectivity index (χ1n) is 8.83. The number of hydrogen-bond donors (Lipinski definition) is 1. The van der Waals surface area contributed by atoms with Crippen molar-refractivity contribution in [3.8, 4) is 23.0 Å². The van der Waals surface area contributed by atoms with Gasteiger partial charge in [-0.05, 0) is 36.6 Å². The topological polar surface area (TPSA) is 66.5 Å². The van der Waals surface area contributed by atoms with E-state index in [4.69, 9.17) is 0 Å². The molecule has 142 valence electrons. The molecular formula is C20H16F3N5. The van der Waals surface area contributed by atoms with Gasteiger partial charge >= 0.3 is 6.18 Å². The largest absolute Gasteiger partial charge is 0.416 e. The molecule has 4 rings (SSSR count). The molecule has 0 fully saturated rings. The number of aromatic nitrogens is 3. The predicted octanol–water partition coefficient (Wildman–Crippen LogP) is 4.36. The van der Waals surface area contributed by atoms with Crippen LogP contribution in [0.1, 0.15) is 29.3 Å². The smallest absolute Gasteiger partial charge is 0.369 e. The van der Waals surface area contributed by atoms with Gasteiger partial charge in [0.2, 0.25) is 0 Å². The lowest BCUT2D eigenvalue weighted by Gasteiger charge is -2.14. The minimum Gasteiger partial charge on any atom is -0.369 e. The zero-order valence-corrected chi connectivity index (χ0v) is 15.0. The number of nitriles is 1. The molecule has 0 bridgehead atoms. The van der Waals surface area contributed by atoms with E-state index in [1.807, 2.05) is 6.92 Å². The summed E-state index contributed by atoms with van der Waals surface area (Å²) in [5.41, 5.74) is 2.90. The minimum atomic E-state index is -4.46. The number of nitrogens with zero attached hydrogens (tertiary/aromatic N) is 4. The minimum absolute atomic E-state index is 0.252. The third-order valence-corrected chi connectivity index (χ3v) is 4.87. The summed E-state index contributed by atoms with van der Waals surface area (Å²) in [4.78, 5) is 8.55. The molecule has 0 amide bonds. The standard InChI is InChI=1S/C20H16F3N5/c1-2-12-3-4-14(20(21,22)23)8-17(12)28-10-13(7-15(28)9-24)18-16-5-6-25-19(16)27-11-26-18/h3-4,7-8,10-11H,2,5-6H2,1H3,(H,25,26,27). The van der Waals surface area contributed by atoms with E-state index >= 15 is 0 Å². The van der Waals surface area contributed by atoms with E-state index in [1.165, 1.54) is 17.0 Å². The van der Waals surface area contributed by atoms with Crippen LogP contribution in [0.3, 0.4) is 0 Å². The van der Waals surface area contributed by atoms with Crippen LogP contribution in [0, 0.1) is 11.3 Å². The Balaban J connectivity index is 1.89. The van der Waals surface area contributed by atoms with Crippen LogP contribution in [0.25, 0.3) is 16.9 Å². The van der Waals surface area contributed by atoms with E-state index in [-0.39, 0.29) is 5.69 Å². The van der Waals surface area contributed by atoms with Gasteiger partial charge < -0.3 is 9.88 Å². The number of hydrogen-bond acceptors (Lipinski definition) is 4. The number of benzene rings is 1. The number of fused-ring (bicyclic) bond motifs is 1. The van der Waals surface area contributed by atoms with E-state index in [9.17, 15) is 18.4 Å². The Labute approximate surface area is 159 Å². The van der Waals surface area contributed by atoms with E-state index in [2.05, 4.69) is 21.4 Å². The van der Waals surface area contributed by atoms with Gasteiger partial charge in [-0.3, -0.25) is 0 Å². The summed E-state index contributed by atoms with van der Waals surface area (Å²) in [5.74, 6) is 0.754. The summed E-state index contributed by atoms with van der Waals surface area (Å²) in [6.07, 6.45) is -0.0459. The lowest BCUT2D eigenvalue weighted by Crippen LogP contribution is -2.08. The highest BCUT2D eigenvalue weighted by Crippen LogP contribution is 2.35. The molecule has 1 N–H and O–H groups in total. The van der Waals surface area contributed by atoms with Crippen molar-refractivity contribution in [2.75, 3.05) is 11.9 Å². The summed E-state index contributed by atoms with van der Waals surface area (Å²) < 4.78 is 41.2. The van der Waals surface area contributed by atoms with Crippen molar-refractivity contribution in [1.82, 2.24) is 14.5 Å². The number of rotatable bonds is 3. The van der Waals surface area contributed by atoms with Gasteiger partial charge in [-0.2, -0.15) is 18.4 Å². The normalized spacial score (nSPS) is 13.1. The second-order valence-corrected chi connectivity index (χ2v) is 6.52. The fourth-order valence-corrected chi connectivity index (χ4v) is 3.50. The molecule has 0 unspecified atom stereocenters. The lowest BCUT2D eigenvalue weighted by molar-refractivity contribution is -0.137. The number of alkyl halides is 3. The third kappa shape index (κ3) is 2.99. The Bertz CT molecular complexity index is 1090. The number of anilines is 1. The first-order valence-corrected chi connectivity index (χ1v) is 8.83. The molecule has 8 heteroatoms. The van der Waals surface area contributed by atoms with Crippen molar-refractivity contribution in [3.05, 3.63) is 59.2 Å². The average molecular weight is 383 g/mol. The molecule has 1 aliphatic heterocycles. The van der Waals surface area contributed by atoms with Crippen LogP contribution in [0.15, 0.2) is 36.8 Å². The Hall–Kier alpha value is -3.34. The average Bonchev–Trinajstić information content (AvgIpc) is 3.33. The summed E-state index contributed by atoms with van der Waals surface area (Å²) in [6, 6.07) is 7.36. The maximum absolute atomic E-state index is 13.2. The van der Waals surface area contributed by atoms with Crippen LogP contribution < -0.4 is 5.32 Å². The highest BCUT2D eigenvalue weighted by molar-refractivity contribution is 5.71. The van der Waals surface area contributed by atoms with Gasteiger partial charge in [0.15, 0.2) is 0 Å². The SMILES string of the molecule is CCc1ccc(C(F)(F)F)cc1-n1cc(-c2ncnc3c2CCN3)cc1C#N. The molecule has 28 heavy (non-hydrogen) atoms. The van der Waals surface area contributed by atoms with Crippen LogP contribution in [0.2, 0.25) is 0 Å². The maximum atomic E-state index is 13.2. The number of aryl methyl sites for hydroxylation is 1. The van der Waals surface area contributed by atoms with Crippen LogP contribution in [-0.2, 0) is 19.0 Å². The van der Waals surface area contributed by atoms with Crippen LogP contribution in [-0.4, -0.2) is 21.1 Å². The Morgan fingerprint density at radius 1 is 1.25 bits per heavy atom. The fraction of sp³-hybridized carbons (Fsp3) is 0.250. The summed E-state index contributed by atoms with van der Waals surface area (Å²) in [7, 11) is 0. The first-order chi connectivity index (χ1) is 13.4. The molecule has 3 heterocycles. The van der Waals surface area contributed by atoms with E-state index < -0.39 is 11.7 Å². The van der Waals surface area contributed by atoms with Crippen molar-refractivity contribution in [1.29, 1.82) is 5.26 Å². The van der Waals surface area contributed by atoms with Crippen LogP contribution >= 0.6 is 0 Å². The van der Waals surface area contributed by atoms with Crippen molar-refractivity contribution in [2.24, 2.45) is 0 Å². The highest BCUT2D eigenvalue weighted by Gasteiger charge is 2.31. The highest BCUT2D eigenvalue weighted by atomic mass is 19.4. The molecule has 0 saturated carbocycles. The molecule has 3 aromatic rings. The van der Waals surface area contributed by atoms with Gasteiger partial charge in [-0.15, -0.1) is 0 Å².